The highest BCUT2D eigenvalue weighted by Gasteiger charge is 2.30. The largest absolute Gasteiger partial charge is 0.396 e. The minimum atomic E-state index is 0.118. The monoisotopic (exact) mass is 136 g/mol. The molecule has 3 atom stereocenters. The Labute approximate surface area is 63.5 Å². The molecule has 1 aliphatic carbocycles. The Balaban J connectivity index is 2.64. The van der Waals surface area contributed by atoms with Crippen molar-refractivity contribution >= 4 is 7.85 Å². The maximum Gasteiger partial charge on any atom is 0.0759 e. The Morgan fingerprint density at radius 3 is 2.60 bits per heavy atom. The minimum absolute atomic E-state index is 0.118. The quantitative estimate of drug-likeness (QED) is 0.423. The second-order valence-corrected chi connectivity index (χ2v) is 3.18. The second-order valence-electron chi connectivity index (χ2n) is 3.18. The normalized spacial score (nSPS) is 40.6. The summed E-state index contributed by atoms with van der Waals surface area (Å²) in [4.78, 5) is 0. The van der Waals surface area contributed by atoms with Gasteiger partial charge in [-0.05, 0) is 5.92 Å². The first-order chi connectivity index (χ1) is 4.66. The molecule has 0 saturated heterocycles. The molecule has 0 unspecified atom stereocenters. The van der Waals surface area contributed by atoms with Crippen molar-refractivity contribution in [2.24, 2.45) is 11.8 Å². The predicted octanol–water partition coefficient (Wildman–Crippen LogP) is 1.15. The van der Waals surface area contributed by atoms with Gasteiger partial charge in [0.2, 0.25) is 0 Å². The average Bonchev–Trinajstić information content (AvgIpc) is 2.09. The molecule has 10 heavy (non-hydrogen) atoms. The Bertz CT molecular complexity index is 144. The van der Waals surface area contributed by atoms with E-state index < -0.39 is 0 Å². The molecule has 1 aliphatic rings. The van der Waals surface area contributed by atoms with E-state index >= 15 is 0 Å². The van der Waals surface area contributed by atoms with E-state index in [1.807, 2.05) is 0 Å². The lowest BCUT2D eigenvalue weighted by molar-refractivity contribution is 0.222. The highest BCUT2D eigenvalue weighted by atomic mass is 16.3. The molecular weight excluding hydrogens is 123 g/mol. The van der Waals surface area contributed by atoms with Gasteiger partial charge in [-0.2, -0.15) is 0 Å². The van der Waals surface area contributed by atoms with Crippen molar-refractivity contribution in [3.05, 3.63) is 12.2 Å². The Hall–Kier alpha value is -0.235. The summed E-state index contributed by atoms with van der Waals surface area (Å²) >= 11 is 0. The van der Waals surface area contributed by atoms with Gasteiger partial charge in [-0.1, -0.05) is 31.3 Å². The molecule has 54 valence electrons. The van der Waals surface area contributed by atoms with E-state index in [0.29, 0.717) is 5.92 Å². The van der Waals surface area contributed by atoms with Crippen LogP contribution in [0.3, 0.4) is 0 Å². The molecule has 1 saturated carbocycles. The second kappa shape index (κ2) is 2.79. The van der Waals surface area contributed by atoms with Gasteiger partial charge in [0.05, 0.1) is 7.85 Å². The van der Waals surface area contributed by atoms with Crippen molar-refractivity contribution in [3.8, 4) is 0 Å². The molecule has 0 aromatic rings. The molecule has 0 aromatic carbocycles. The molecule has 0 heterocycles. The summed E-state index contributed by atoms with van der Waals surface area (Å²) < 4.78 is 0. The zero-order chi connectivity index (χ0) is 7.72. The van der Waals surface area contributed by atoms with Crippen molar-refractivity contribution in [1.29, 1.82) is 0 Å². The Kier molecular flexibility index (Phi) is 2.19. The van der Waals surface area contributed by atoms with Crippen LogP contribution in [-0.2, 0) is 0 Å². The zero-order valence-corrected chi connectivity index (χ0v) is 6.38. The first kappa shape index (κ1) is 7.87. The maximum absolute atomic E-state index is 8.91. The number of hydrogen-bond donors (Lipinski definition) is 1. The van der Waals surface area contributed by atoms with Crippen LogP contribution in [0.4, 0.5) is 0 Å². The van der Waals surface area contributed by atoms with Crippen LogP contribution in [0.2, 0.25) is 5.82 Å². The van der Waals surface area contributed by atoms with E-state index in [9.17, 15) is 0 Å². The summed E-state index contributed by atoms with van der Waals surface area (Å²) in [7, 11) is 5.72. The van der Waals surface area contributed by atoms with E-state index in [4.69, 9.17) is 13.0 Å². The highest BCUT2D eigenvalue weighted by Crippen LogP contribution is 2.41. The first-order valence-electron chi connectivity index (χ1n) is 3.72. The summed E-state index contributed by atoms with van der Waals surface area (Å²) in [6, 6.07) is 0. The van der Waals surface area contributed by atoms with Crippen molar-refractivity contribution in [2.75, 3.05) is 6.61 Å². The molecule has 1 N–H and O–H groups in total. The molecule has 0 bridgehead atoms. The fourth-order valence-corrected chi connectivity index (χ4v) is 1.65. The standard InChI is InChI=1S/C8H13BO/c1-5-3-8(9)6(2)7(5)4-10/h5,7-8,10H,2-4H2,1H3/t5-,7+,8-/m0/s1. The first-order valence-corrected chi connectivity index (χ1v) is 3.72. The molecule has 0 spiro atoms. The van der Waals surface area contributed by atoms with Crippen molar-refractivity contribution in [3.63, 3.8) is 0 Å². The van der Waals surface area contributed by atoms with Gasteiger partial charge in [0.1, 0.15) is 0 Å². The van der Waals surface area contributed by atoms with Crippen LogP contribution in [0, 0.1) is 11.8 Å². The fourth-order valence-electron chi connectivity index (χ4n) is 1.65. The number of hydrogen-bond acceptors (Lipinski definition) is 1. The van der Waals surface area contributed by atoms with E-state index in [1.165, 1.54) is 0 Å². The van der Waals surface area contributed by atoms with Gasteiger partial charge in [-0.3, -0.25) is 0 Å². The number of rotatable bonds is 1. The number of aliphatic hydroxyl groups excluding tert-OH is 1. The molecule has 2 heteroatoms. The topological polar surface area (TPSA) is 20.2 Å². The van der Waals surface area contributed by atoms with E-state index in [1.54, 1.807) is 0 Å². The van der Waals surface area contributed by atoms with Gasteiger partial charge in [-0.25, -0.2) is 0 Å². The van der Waals surface area contributed by atoms with Crippen LogP contribution in [0.5, 0.6) is 0 Å². The lowest BCUT2D eigenvalue weighted by atomic mass is 9.82. The number of aliphatic hydroxyl groups is 1. The summed E-state index contributed by atoms with van der Waals surface area (Å²) in [5, 5.41) is 8.91. The van der Waals surface area contributed by atoms with Gasteiger partial charge >= 0.3 is 0 Å². The summed E-state index contributed by atoms with van der Waals surface area (Å²) in [5.41, 5.74) is 1.02. The van der Waals surface area contributed by atoms with Crippen molar-refractivity contribution < 1.29 is 5.11 Å². The van der Waals surface area contributed by atoms with Crippen molar-refractivity contribution in [2.45, 2.75) is 19.2 Å². The molecular formula is C8H13BO. The SMILES string of the molecule is [B][C@H]1C[C@H](C)[C@@H](CO)C1=C. The van der Waals surface area contributed by atoms with E-state index in [-0.39, 0.29) is 18.3 Å². The summed E-state index contributed by atoms with van der Waals surface area (Å²) in [5.74, 6) is 0.870. The van der Waals surface area contributed by atoms with Crippen LogP contribution in [0.25, 0.3) is 0 Å². The highest BCUT2D eigenvalue weighted by molar-refractivity contribution is 6.13. The molecule has 0 aliphatic heterocycles. The Morgan fingerprint density at radius 2 is 2.40 bits per heavy atom. The average molecular weight is 136 g/mol. The third kappa shape index (κ3) is 1.13. The van der Waals surface area contributed by atoms with Crippen LogP contribution >= 0.6 is 0 Å². The summed E-state index contributed by atoms with van der Waals surface area (Å²) in [6.07, 6.45) is 0.976. The minimum Gasteiger partial charge on any atom is -0.396 e. The van der Waals surface area contributed by atoms with Gasteiger partial charge in [0, 0.05) is 12.5 Å². The van der Waals surface area contributed by atoms with Gasteiger partial charge in [0.25, 0.3) is 0 Å². The molecule has 0 amide bonds. The van der Waals surface area contributed by atoms with Crippen LogP contribution in [0.1, 0.15) is 13.3 Å². The van der Waals surface area contributed by atoms with Gasteiger partial charge in [0.15, 0.2) is 0 Å². The fraction of sp³-hybridized carbons (Fsp3) is 0.750. The van der Waals surface area contributed by atoms with Crippen LogP contribution in [-0.4, -0.2) is 19.6 Å². The van der Waals surface area contributed by atoms with Gasteiger partial charge in [-0.15, -0.1) is 0 Å². The molecule has 1 rings (SSSR count). The Morgan fingerprint density at radius 1 is 1.80 bits per heavy atom. The third-order valence-electron chi connectivity index (χ3n) is 2.46. The lowest BCUT2D eigenvalue weighted by Gasteiger charge is -2.12. The molecule has 2 radical (unpaired) electrons. The molecule has 1 nitrogen and oxygen atoms in total. The maximum atomic E-state index is 8.91. The zero-order valence-electron chi connectivity index (χ0n) is 6.38. The summed E-state index contributed by atoms with van der Waals surface area (Å²) in [6.45, 7) is 6.16. The van der Waals surface area contributed by atoms with E-state index in [0.717, 1.165) is 12.0 Å². The molecule has 1 fully saturated rings. The van der Waals surface area contributed by atoms with E-state index in [2.05, 4.69) is 13.5 Å². The molecule has 0 aromatic heterocycles. The van der Waals surface area contributed by atoms with Crippen LogP contribution < -0.4 is 0 Å². The third-order valence-corrected chi connectivity index (χ3v) is 2.46. The predicted molar refractivity (Wildman–Crippen MR) is 43.0 cm³/mol. The van der Waals surface area contributed by atoms with Gasteiger partial charge < -0.3 is 5.11 Å². The smallest absolute Gasteiger partial charge is 0.0759 e. The lowest BCUT2D eigenvalue weighted by Crippen LogP contribution is -2.09. The van der Waals surface area contributed by atoms with Crippen LogP contribution in [0.15, 0.2) is 12.2 Å². The van der Waals surface area contributed by atoms with Crippen molar-refractivity contribution in [1.82, 2.24) is 0 Å².